The molecule has 0 aromatic heterocycles. The largest absolute Gasteiger partial charge is 0.375 e. The smallest absolute Gasteiger partial charge is 0.118 e. The molecular weight excluding hydrogens is 306 g/mol. The molecule has 1 aromatic rings. The summed E-state index contributed by atoms with van der Waals surface area (Å²) in [7, 11) is 2.33. The van der Waals surface area contributed by atoms with Crippen LogP contribution in [0.2, 0.25) is 0 Å². The van der Waals surface area contributed by atoms with Crippen molar-refractivity contribution in [2.75, 3.05) is 26.8 Å². The van der Waals surface area contributed by atoms with Gasteiger partial charge in [-0.05, 0) is 30.4 Å². The lowest BCUT2D eigenvalue weighted by Gasteiger charge is -2.22. The number of ether oxygens (including phenoxy) is 1. The van der Waals surface area contributed by atoms with Gasteiger partial charge in [-0.25, -0.2) is 0 Å². The van der Waals surface area contributed by atoms with E-state index in [1.807, 2.05) is 0 Å². The highest BCUT2D eigenvalue weighted by atomic mass is 16.5. The lowest BCUT2D eigenvalue weighted by atomic mass is 9.91. The molecule has 1 N–H and O–H groups in total. The highest BCUT2D eigenvalue weighted by Crippen LogP contribution is 2.26. The van der Waals surface area contributed by atoms with Crippen LogP contribution in [-0.4, -0.2) is 32.8 Å². The van der Waals surface area contributed by atoms with E-state index >= 15 is 0 Å². The lowest BCUT2D eigenvalue weighted by Crippen LogP contribution is -3.11. The number of likely N-dealkylation sites (tertiary alicyclic amines) is 1. The van der Waals surface area contributed by atoms with Gasteiger partial charge in [0.15, 0.2) is 0 Å². The number of nitrogens with one attached hydrogen (secondary N) is 1. The van der Waals surface area contributed by atoms with Crippen LogP contribution in [0.5, 0.6) is 0 Å². The average Bonchev–Trinajstić information content (AvgIpc) is 3.00. The number of hydrogen-bond donors (Lipinski definition) is 1. The fraction of sp³-hybridized carbons (Fsp3) is 0.739. The van der Waals surface area contributed by atoms with Crippen molar-refractivity contribution in [1.82, 2.24) is 0 Å². The second-order valence-electron chi connectivity index (χ2n) is 7.93. The Morgan fingerprint density at radius 2 is 1.68 bits per heavy atom. The molecule has 1 aliphatic heterocycles. The number of rotatable bonds is 12. The van der Waals surface area contributed by atoms with E-state index in [0.29, 0.717) is 12.0 Å². The van der Waals surface area contributed by atoms with Crippen molar-refractivity contribution < 1.29 is 9.64 Å². The molecule has 1 unspecified atom stereocenters. The zero-order chi connectivity index (χ0) is 17.9. The zero-order valence-electron chi connectivity index (χ0n) is 16.9. The van der Waals surface area contributed by atoms with Crippen LogP contribution in [0, 0.1) is 0 Å². The number of unbranched alkanes of at least 4 members (excludes halogenated alkanes) is 5. The average molecular weight is 347 g/mol. The van der Waals surface area contributed by atoms with Crippen molar-refractivity contribution in [1.29, 1.82) is 0 Å². The van der Waals surface area contributed by atoms with Gasteiger partial charge in [-0.3, -0.25) is 0 Å². The Morgan fingerprint density at radius 3 is 2.40 bits per heavy atom. The van der Waals surface area contributed by atoms with Crippen molar-refractivity contribution in [2.45, 2.75) is 83.6 Å². The van der Waals surface area contributed by atoms with Crippen molar-refractivity contribution in [3.05, 3.63) is 35.4 Å². The molecule has 1 saturated heterocycles. The third kappa shape index (κ3) is 6.75. The second-order valence-corrected chi connectivity index (χ2v) is 7.93. The normalized spacial score (nSPS) is 23.2. The molecule has 1 heterocycles. The van der Waals surface area contributed by atoms with E-state index in [4.69, 9.17) is 4.74 Å². The Labute approximate surface area is 156 Å². The molecule has 0 radical (unpaired) electrons. The molecule has 0 amide bonds. The Bertz CT molecular complexity index is 456. The van der Waals surface area contributed by atoms with Gasteiger partial charge in [0.25, 0.3) is 0 Å². The van der Waals surface area contributed by atoms with Crippen LogP contribution in [0.4, 0.5) is 0 Å². The predicted molar refractivity (Wildman–Crippen MR) is 108 cm³/mol. The molecule has 0 aliphatic carbocycles. The first kappa shape index (κ1) is 20.5. The molecule has 0 spiro atoms. The highest BCUT2D eigenvalue weighted by Gasteiger charge is 2.36. The first-order chi connectivity index (χ1) is 12.3. The summed E-state index contributed by atoms with van der Waals surface area (Å²) in [4.78, 5) is 1.64. The summed E-state index contributed by atoms with van der Waals surface area (Å²) in [6.07, 6.45) is 11.9. The topological polar surface area (TPSA) is 13.7 Å². The van der Waals surface area contributed by atoms with E-state index in [-0.39, 0.29) is 0 Å². The quantitative estimate of drug-likeness (QED) is 0.554. The van der Waals surface area contributed by atoms with E-state index in [9.17, 15) is 0 Å². The minimum atomic E-state index is 0.621. The number of hydrogen-bond acceptors (Lipinski definition) is 1. The van der Waals surface area contributed by atoms with E-state index in [2.05, 4.69) is 45.2 Å². The van der Waals surface area contributed by atoms with Crippen LogP contribution < -0.4 is 4.90 Å². The fourth-order valence-electron chi connectivity index (χ4n) is 4.17. The summed E-state index contributed by atoms with van der Waals surface area (Å²) in [5.74, 6) is 0.667. The maximum Gasteiger partial charge on any atom is 0.118 e. The summed E-state index contributed by atoms with van der Waals surface area (Å²) < 4.78 is 5.89. The van der Waals surface area contributed by atoms with Gasteiger partial charge < -0.3 is 9.64 Å². The Morgan fingerprint density at radius 1 is 0.960 bits per heavy atom. The number of quaternary nitrogens is 1. The molecule has 2 rings (SSSR count). The molecule has 0 saturated carbocycles. The molecular formula is C23H40NO+. The zero-order valence-corrected chi connectivity index (χ0v) is 16.9. The van der Waals surface area contributed by atoms with Gasteiger partial charge in [0.2, 0.25) is 0 Å². The number of likely N-dealkylation sites (N-methyl/N-ethyl adjacent to an activating group) is 1. The van der Waals surface area contributed by atoms with Gasteiger partial charge in [-0.15, -0.1) is 0 Å². The van der Waals surface area contributed by atoms with E-state index in [0.717, 1.165) is 19.6 Å². The van der Waals surface area contributed by atoms with E-state index in [1.54, 1.807) is 4.90 Å². The van der Waals surface area contributed by atoms with Gasteiger partial charge in [-0.2, -0.15) is 0 Å². The summed E-state index contributed by atoms with van der Waals surface area (Å²) in [6.45, 7) is 7.54. The van der Waals surface area contributed by atoms with Crippen molar-refractivity contribution in [3.8, 4) is 0 Å². The van der Waals surface area contributed by atoms with Gasteiger partial charge in [0, 0.05) is 18.9 Å². The molecule has 0 bridgehead atoms. The first-order valence-corrected chi connectivity index (χ1v) is 10.7. The summed E-state index contributed by atoms with van der Waals surface area (Å²) in [6, 6.07) is 10.2. The minimum Gasteiger partial charge on any atom is -0.375 e. The maximum absolute atomic E-state index is 5.89. The lowest BCUT2D eigenvalue weighted by molar-refractivity contribution is -0.893. The fourth-order valence-corrected chi connectivity index (χ4v) is 4.17. The molecule has 142 valence electrons. The molecule has 1 fully saturated rings. The van der Waals surface area contributed by atoms with Gasteiger partial charge >= 0.3 is 0 Å². The van der Waals surface area contributed by atoms with Crippen LogP contribution in [0.3, 0.4) is 0 Å². The molecule has 25 heavy (non-hydrogen) atoms. The van der Waals surface area contributed by atoms with Crippen LogP contribution in [-0.2, 0) is 11.2 Å². The highest BCUT2D eigenvalue weighted by molar-refractivity contribution is 5.26. The standard InChI is InChI=1S/C23H39NO/c1-4-6-7-8-9-10-11-20-12-14-21(15-13-20)22-16-17-24(3)23(22)19-25-18-5-2/h12-15,22-23H,4-11,16-19H2,1-3H3/p+1/t22-,23-/m1/s1. The summed E-state index contributed by atoms with van der Waals surface area (Å²) in [5.41, 5.74) is 3.03. The van der Waals surface area contributed by atoms with E-state index < -0.39 is 0 Å². The Hall–Kier alpha value is -0.860. The molecule has 1 aliphatic rings. The van der Waals surface area contributed by atoms with Crippen LogP contribution >= 0.6 is 0 Å². The molecule has 1 aromatic carbocycles. The van der Waals surface area contributed by atoms with Crippen LogP contribution in [0.15, 0.2) is 24.3 Å². The molecule has 2 heteroatoms. The number of aryl methyl sites for hydroxylation is 1. The SMILES string of the molecule is CCCCCCCCc1ccc([C@H]2CC[NH+](C)[C@@H]2COCCC)cc1. The predicted octanol–water partition coefficient (Wildman–Crippen LogP) is 4.39. The van der Waals surface area contributed by atoms with Gasteiger partial charge in [-0.1, -0.05) is 70.2 Å². The third-order valence-corrected chi connectivity index (χ3v) is 5.84. The molecule has 2 nitrogen and oxygen atoms in total. The van der Waals surface area contributed by atoms with Crippen molar-refractivity contribution >= 4 is 0 Å². The Kier molecular flexibility index (Phi) is 9.57. The second kappa shape index (κ2) is 11.7. The van der Waals surface area contributed by atoms with Crippen LogP contribution in [0.25, 0.3) is 0 Å². The minimum absolute atomic E-state index is 0.621. The van der Waals surface area contributed by atoms with Crippen molar-refractivity contribution in [3.63, 3.8) is 0 Å². The monoisotopic (exact) mass is 346 g/mol. The summed E-state index contributed by atoms with van der Waals surface area (Å²) >= 11 is 0. The van der Waals surface area contributed by atoms with Gasteiger partial charge in [0.05, 0.1) is 20.2 Å². The van der Waals surface area contributed by atoms with Crippen LogP contribution in [0.1, 0.15) is 82.3 Å². The maximum atomic E-state index is 5.89. The first-order valence-electron chi connectivity index (χ1n) is 10.7. The number of benzene rings is 1. The van der Waals surface area contributed by atoms with Crippen molar-refractivity contribution in [2.24, 2.45) is 0 Å². The van der Waals surface area contributed by atoms with Gasteiger partial charge in [0.1, 0.15) is 6.04 Å². The third-order valence-electron chi connectivity index (χ3n) is 5.84. The Balaban J connectivity index is 1.79. The van der Waals surface area contributed by atoms with E-state index in [1.165, 1.54) is 69.0 Å². The molecule has 3 atom stereocenters. The summed E-state index contributed by atoms with van der Waals surface area (Å²) in [5, 5.41) is 0.